The molecule has 9 aromatic rings. The molecule has 2 atom stereocenters. The third kappa shape index (κ3) is 4.37. The van der Waals surface area contributed by atoms with Crippen molar-refractivity contribution in [1.29, 1.82) is 0 Å². The highest BCUT2D eigenvalue weighted by Gasteiger charge is 2.32. The van der Waals surface area contributed by atoms with Gasteiger partial charge in [-0.1, -0.05) is 152 Å². The molecule has 1 aliphatic heterocycles. The molecule has 2 nitrogen and oxygen atoms in total. The molecule has 11 rings (SSSR count). The molecule has 0 saturated carbocycles. The van der Waals surface area contributed by atoms with Crippen LogP contribution in [0.1, 0.15) is 11.5 Å². The number of fused-ring (bicyclic) bond motifs is 8. The molecule has 0 bridgehead atoms. The SMILES string of the molecule is C1=CC2Oc3ccc(-c4cccc(-c5c6ccccc6c(-c6ccccc6-c6cccc7c6oc6ccccc67)c6ccccc56)c4)cc3C2C=C1. The number of rotatable bonds is 4. The van der Waals surface area contributed by atoms with Gasteiger partial charge in [0.05, 0.1) is 0 Å². The van der Waals surface area contributed by atoms with Crippen LogP contribution in [0.5, 0.6) is 5.75 Å². The fraction of sp³-hybridized carbons (Fsp3) is 0.0400. The van der Waals surface area contributed by atoms with Crippen molar-refractivity contribution in [2.24, 2.45) is 0 Å². The van der Waals surface area contributed by atoms with Crippen LogP contribution >= 0.6 is 0 Å². The largest absolute Gasteiger partial charge is 0.485 e. The summed E-state index contributed by atoms with van der Waals surface area (Å²) in [4.78, 5) is 0. The zero-order valence-electron chi connectivity index (χ0n) is 28.3. The summed E-state index contributed by atoms with van der Waals surface area (Å²) >= 11 is 0. The second-order valence-electron chi connectivity index (χ2n) is 13.9. The molecule has 0 spiro atoms. The number of furan rings is 1. The highest BCUT2D eigenvalue weighted by molar-refractivity contribution is 6.23. The summed E-state index contributed by atoms with van der Waals surface area (Å²) in [5.74, 6) is 1.24. The molecular weight excluding hydrogens is 633 g/mol. The Bertz CT molecular complexity index is 2900. The number of ether oxygens (including phenoxy) is 1. The monoisotopic (exact) mass is 664 g/mol. The van der Waals surface area contributed by atoms with Crippen molar-refractivity contribution in [2.45, 2.75) is 12.0 Å². The van der Waals surface area contributed by atoms with Crippen molar-refractivity contribution in [3.63, 3.8) is 0 Å². The van der Waals surface area contributed by atoms with Gasteiger partial charge in [0, 0.05) is 27.8 Å². The molecule has 2 heterocycles. The number of hydrogen-bond donors (Lipinski definition) is 0. The highest BCUT2D eigenvalue weighted by Crippen LogP contribution is 2.48. The lowest BCUT2D eigenvalue weighted by Gasteiger charge is -2.20. The van der Waals surface area contributed by atoms with Gasteiger partial charge < -0.3 is 9.15 Å². The van der Waals surface area contributed by atoms with Crippen molar-refractivity contribution in [3.05, 3.63) is 188 Å². The fourth-order valence-electron chi connectivity index (χ4n) is 8.70. The Morgan fingerprint density at radius 2 is 1.00 bits per heavy atom. The molecule has 1 aliphatic carbocycles. The highest BCUT2D eigenvalue weighted by atomic mass is 16.5. The zero-order chi connectivity index (χ0) is 34.2. The molecule has 8 aromatic carbocycles. The molecule has 2 unspecified atom stereocenters. The molecule has 0 amide bonds. The van der Waals surface area contributed by atoms with Crippen molar-refractivity contribution >= 4 is 43.5 Å². The van der Waals surface area contributed by atoms with E-state index >= 15 is 0 Å². The van der Waals surface area contributed by atoms with Gasteiger partial charge in [-0.05, 0) is 90.8 Å². The average Bonchev–Trinajstić information content (AvgIpc) is 3.78. The first-order valence-corrected chi connectivity index (χ1v) is 18.0. The lowest BCUT2D eigenvalue weighted by molar-refractivity contribution is 0.269. The van der Waals surface area contributed by atoms with Crippen LogP contribution < -0.4 is 4.74 Å². The maximum Gasteiger partial charge on any atom is 0.143 e. The predicted molar refractivity (Wildman–Crippen MR) is 216 cm³/mol. The van der Waals surface area contributed by atoms with Crippen LogP contribution in [0.3, 0.4) is 0 Å². The zero-order valence-corrected chi connectivity index (χ0v) is 28.3. The van der Waals surface area contributed by atoms with Gasteiger partial charge in [-0.25, -0.2) is 0 Å². The van der Waals surface area contributed by atoms with Crippen molar-refractivity contribution in [3.8, 4) is 50.3 Å². The van der Waals surface area contributed by atoms with Crippen LogP contribution in [0, 0.1) is 0 Å². The minimum atomic E-state index is 0.0783. The van der Waals surface area contributed by atoms with E-state index in [1.165, 1.54) is 60.5 Å². The summed E-state index contributed by atoms with van der Waals surface area (Å²) in [6, 6.07) is 57.1. The van der Waals surface area contributed by atoms with Gasteiger partial charge in [0.15, 0.2) is 0 Å². The van der Waals surface area contributed by atoms with Gasteiger partial charge in [-0.2, -0.15) is 0 Å². The van der Waals surface area contributed by atoms with E-state index in [4.69, 9.17) is 9.15 Å². The second-order valence-corrected chi connectivity index (χ2v) is 13.9. The van der Waals surface area contributed by atoms with E-state index in [0.29, 0.717) is 0 Å². The number of allylic oxidation sites excluding steroid dienone is 2. The molecule has 2 heteroatoms. The molecule has 0 saturated heterocycles. The molecule has 52 heavy (non-hydrogen) atoms. The van der Waals surface area contributed by atoms with E-state index in [9.17, 15) is 0 Å². The van der Waals surface area contributed by atoms with Gasteiger partial charge in [-0.15, -0.1) is 0 Å². The predicted octanol–water partition coefficient (Wildman–Crippen LogP) is 13.5. The quantitative estimate of drug-likeness (QED) is 0.175. The number of hydrogen-bond acceptors (Lipinski definition) is 2. The Labute approximate surface area is 301 Å². The summed E-state index contributed by atoms with van der Waals surface area (Å²) in [5, 5.41) is 7.19. The lowest BCUT2D eigenvalue weighted by Crippen LogP contribution is -2.15. The molecule has 0 radical (unpaired) electrons. The Morgan fingerprint density at radius 3 is 1.81 bits per heavy atom. The van der Waals surface area contributed by atoms with Crippen LogP contribution in [-0.2, 0) is 0 Å². The third-order valence-electron chi connectivity index (χ3n) is 11.0. The number of para-hydroxylation sites is 2. The van der Waals surface area contributed by atoms with Crippen LogP contribution in [0.4, 0.5) is 0 Å². The molecule has 1 aromatic heterocycles. The smallest absolute Gasteiger partial charge is 0.143 e. The first kappa shape index (κ1) is 29.1. The van der Waals surface area contributed by atoms with Crippen LogP contribution in [0.2, 0.25) is 0 Å². The summed E-state index contributed by atoms with van der Waals surface area (Å²) in [5.41, 5.74) is 12.6. The normalized spacial score (nSPS) is 16.1. The summed E-state index contributed by atoms with van der Waals surface area (Å²) in [7, 11) is 0. The third-order valence-corrected chi connectivity index (χ3v) is 11.0. The van der Waals surface area contributed by atoms with Crippen LogP contribution in [0.15, 0.2) is 186 Å². The minimum Gasteiger partial charge on any atom is -0.485 e. The number of benzene rings is 8. The van der Waals surface area contributed by atoms with Gasteiger partial charge >= 0.3 is 0 Å². The second kappa shape index (κ2) is 11.4. The topological polar surface area (TPSA) is 22.4 Å². The van der Waals surface area contributed by atoms with E-state index in [2.05, 4.69) is 176 Å². The first-order valence-electron chi connectivity index (χ1n) is 18.0. The maximum atomic E-state index is 6.57. The average molecular weight is 665 g/mol. The molecule has 0 fully saturated rings. The van der Waals surface area contributed by atoms with E-state index in [1.807, 2.05) is 6.07 Å². The van der Waals surface area contributed by atoms with Crippen LogP contribution in [0.25, 0.3) is 88.0 Å². The van der Waals surface area contributed by atoms with Crippen LogP contribution in [-0.4, -0.2) is 6.10 Å². The van der Waals surface area contributed by atoms with Gasteiger partial charge in [-0.3, -0.25) is 0 Å². The first-order chi connectivity index (χ1) is 25.8. The van der Waals surface area contributed by atoms with Gasteiger partial charge in [0.25, 0.3) is 0 Å². The standard InChI is InChI=1S/C50H32O2/c1-2-18-37(34(15-1)42-23-12-24-43-35-16-7-10-26-46(35)52-50(42)43)49-40-21-5-3-19-38(40)48(39-20-4-6-22-41(39)49)33-14-11-13-31(29-33)32-27-28-47-44(30-32)36-17-8-9-25-45(36)51-47/h1-30,36,45H. The molecule has 244 valence electrons. The molecule has 2 aliphatic rings. The summed E-state index contributed by atoms with van der Waals surface area (Å²) < 4.78 is 12.8. The maximum absolute atomic E-state index is 6.57. The van der Waals surface area contributed by atoms with Gasteiger partial charge in [0.2, 0.25) is 0 Å². The van der Waals surface area contributed by atoms with Crippen molar-refractivity contribution < 1.29 is 9.15 Å². The van der Waals surface area contributed by atoms with Gasteiger partial charge in [0.1, 0.15) is 23.0 Å². The fourth-order valence-corrected chi connectivity index (χ4v) is 8.70. The summed E-state index contributed by atoms with van der Waals surface area (Å²) in [6.07, 6.45) is 8.70. The lowest BCUT2D eigenvalue weighted by atomic mass is 9.83. The Morgan fingerprint density at radius 1 is 0.404 bits per heavy atom. The van der Waals surface area contributed by atoms with E-state index < -0.39 is 0 Å². The molecular formula is C50H32O2. The van der Waals surface area contributed by atoms with E-state index in [1.54, 1.807) is 0 Å². The van der Waals surface area contributed by atoms with Crippen molar-refractivity contribution in [1.82, 2.24) is 0 Å². The Hall–Kier alpha value is -6.64. The Kier molecular flexibility index (Phi) is 6.41. The minimum absolute atomic E-state index is 0.0783. The summed E-state index contributed by atoms with van der Waals surface area (Å²) in [6.45, 7) is 0. The Balaban J connectivity index is 1.12. The van der Waals surface area contributed by atoms with E-state index in [0.717, 1.165) is 38.8 Å². The van der Waals surface area contributed by atoms with Crippen molar-refractivity contribution in [2.75, 3.05) is 0 Å². The van der Waals surface area contributed by atoms with E-state index in [-0.39, 0.29) is 12.0 Å². The molecule has 0 N–H and O–H groups in total.